The Balaban J connectivity index is 2.35. The Morgan fingerprint density at radius 2 is 1.81 bits per heavy atom. The summed E-state index contributed by atoms with van der Waals surface area (Å²) in [6.07, 6.45) is 8.36. The van der Waals surface area contributed by atoms with Crippen molar-refractivity contribution >= 4 is 17.9 Å². The van der Waals surface area contributed by atoms with E-state index in [1.165, 1.54) is 27.4 Å². The van der Waals surface area contributed by atoms with Crippen molar-refractivity contribution in [3.63, 3.8) is 0 Å². The van der Waals surface area contributed by atoms with Crippen LogP contribution in [-0.2, 0) is 28.6 Å². The summed E-state index contributed by atoms with van der Waals surface area (Å²) < 4.78 is 15.6. The molecule has 2 aliphatic carbocycles. The predicted octanol–water partition coefficient (Wildman–Crippen LogP) is 4.77. The third-order valence-corrected chi connectivity index (χ3v) is 7.37. The molecule has 0 amide bonds. The molecule has 0 aromatic heterocycles. The lowest BCUT2D eigenvalue weighted by atomic mass is 9.48. The fourth-order valence-corrected chi connectivity index (χ4v) is 5.74. The molecular weight excluding hydrogens is 396 g/mol. The summed E-state index contributed by atoms with van der Waals surface area (Å²) in [4.78, 5) is 35.4. The highest BCUT2D eigenvalue weighted by Crippen LogP contribution is 2.60. The number of carbonyl (C=O) groups is 3. The minimum atomic E-state index is -0.637. The predicted molar refractivity (Wildman–Crippen MR) is 118 cm³/mol. The van der Waals surface area contributed by atoms with E-state index in [-0.39, 0.29) is 29.3 Å². The lowest BCUT2D eigenvalue weighted by molar-refractivity contribution is -0.154. The molecule has 6 nitrogen and oxygen atoms in total. The van der Waals surface area contributed by atoms with Gasteiger partial charge in [-0.15, -0.1) is 0 Å². The normalized spacial score (nSPS) is 28.6. The first-order chi connectivity index (χ1) is 14.4. The Kier molecular flexibility index (Phi) is 8.12. The van der Waals surface area contributed by atoms with Gasteiger partial charge in [-0.25, -0.2) is 4.79 Å². The summed E-state index contributed by atoms with van der Waals surface area (Å²) in [6, 6.07) is 0. The van der Waals surface area contributed by atoms with Crippen LogP contribution in [0.1, 0.15) is 73.6 Å². The molecule has 1 fully saturated rings. The minimum absolute atomic E-state index is 0.0138. The molecule has 174 valence electrons. The largest absolute Gasteiger partial charge is 0.466 e. The molecule has 4 atom stereocenters. The van der Waals surface area contributed by atoms with E-state index in [9.17, 15) is 14.4 Å². The number of methoxy groups -OCH3 is 1. The van der Waals surface area contributed by atoms with Crippen molar-refractivity contribution in [3.05, 3.63) is 23.3 Å². The van der Waals surface area contributed by atoms with Crippen molar-refractivity contribution in [2.45, 2.75) is 79.8 Å². The molecule has 0 saturated heterocycles. The molecule has 0 aliphatic heterocycles. The van der Waals surface area contributed by atoms with E-state index < -0.39 is 18.0 Å². The van der Waals surface area contributed by atoms with Crippen molar-refractivity contribution in [1.29, 1.82) is 0 Å². The van der Waals surface area contributed by atoms with Crippen molar-refractivity contribution < 1.29 is 28.6 Å². The molecule has 0 spiro atoms. The van der Waals surface area contributed by atoms with E-state index >= 15 is 0 Å². The molecular formula is C25H38O6. The Labute approximate surface area is 186 Å². The second-order valence-corrected chi connectivity index (χ2v) is 9.92. The number of ether oxygens (including phenoxy) is 3. The average molecular weight is 435 g/mol. The summed E-state index contributed by atoms with van der Waals surface area (Å²) in [5.41, 5.74) is 1.73. The van der Waals surface area contributed by atoms with Gasteiger partial charge in [0.15, 0.2) is 6.10 Å². The zero-order valence-electron chi connectivity index (χ0n) is 20.1. The first kappa shape index (κ1) is 25.2. The zero-order chi connectivity index (χ0) is 23.4. The molecule has 0 bridgehead atoms. The summed E-state index contributed by atoms with van der Waals surface area (Å²) in [7, 11) is 1.43. The van der Waals surface area contributed by atoms with E-state index in [1.54, 1.807) is 0 Å². The lowest BCUT2D eigenvalue weighted by Crippen LogP contribution is -2.49. The highest BCUT2D eigenvalue weighted by Gasteiger charge is 2.53. The molecule has 1 saturated carbocycles. The van der Waals surface area contributed by atoms with Crippen LogP contribution in [-0.4, -0.2) is 37.7 Å². The van der Waals surface area contributed by atoms with Crippen LogP contribution >= 0.6 is 0 Å². The second-order valence-electron chi connectivity index (χ2n) is 9.92. The van der Waals surface area contributed by atoms with Crippen LogP contribution in [0.3, 0.4) is 0 Å². The van der Waals surface area contributed by atoms with E-state index in [2.05, 4.69) is 26.8 Å². The van der Waals surface area contributed by atoms with Crippen molar-refractivity contribution in [2.75, 3.05) is 13.7 Å². The van der Waals surface area contributed by atoms with Crippen molar-refractivity contribution in [1.82, 2.24) is 0 Å². The molecule has 6 heteroatoms. The van der Waals surface area contributed by atoms with Gasteiger partial charge < -0.3 is 14.2 Å². The van der Waals surface area contributed by atoms with Crippen LogP contribution in [0.25, 0.3) is 0 Å². The molecule has 0 radical (unpaired) electrons. The molecule has 2 rings (SSSR count). The SMILES string of the molecule is COC(=O)C1=CC[C@H]2C(C)(C)CCC[C@]2(C)[C@H]1C/C=C(\C)[C@H](COC(C)=O)OC(C)=O. The fraction of sp³-hybridized carbons (Fsp3) is 0.720. The van der Waals surface area contributed by atoms with Gasteiger partial charge in [0, 0.05) is 19.4 Å². The van der Waals surface area contributed by atoms with Gasteiger partial charge in [-0.05, 0) is 60.8 Å². The number of hydrogen-bond acceptors (Lipinski definition) is 6. The maximum absolute atomic E-state index is 12.6. The van der Waals surface area contributed by atoms with Crippen LogP contribution in [0, 0.1) is 22.7 Å². The van der Waals surface area contributed by atoms with Gasteiger partial charge in [-0.2, -0.15) is 0 Å². The number of esters is 3. The third-order valence-electron chi connectivity index (χ3n) is 7.37. The Hall–Kier alpha value is -2.11. The molecule has 0 heterocycles. The minimum Gasteiger partial charge on any atom is -0.466 e. The van der Waals surface area contributed by atoms with Gasteiger partial charge in [0.25, 0.3) is 0 Å². The molecule has 0 aromatic rings. The van der Waals surface area contributed by atoms with Crippen molar-refractivity contribution in [2.24, 2.45) is 22.7 Å². The smallest absolute Gasteiger partial charge is 0.333 e. The summed E-state index contributed by atoms with van der Waals surface area (Å²) >= 11 is 0. The van der Waals surface area contributed by atoms with Gasteiger partial charge in [-0.3, -0.25) is 9.59 Å². The summed E-state index contributed by atoms with van der Waals surface area (Å²) in [6.45, 7) is 11.5. The second kappa shape index (κ2) is 10.0. The number of allylic oxidation sites excluding steroid dienone is 2. The van der Waals surface area contributed by atoms with E-state index in [1.807, 2.05) is 13.0 Å². The van der Waals surface area contributed by atoms with E-state index in [4.69, 9.17) is 14.2 Å². The summed E-state index contributed by atoms with van der Waals surface area (Å²) in [5, 5.41) is 0. The molecule has 0 aromatic carbocycles. The van der Waals surface area contributed by atoms with Crippen LogP contribution in [0.4, 0.5) is 0 Å². The highest BCUT2D eigenvalue weighted by atomic mass is 16.6. The molecule has 0 N–H and O–H groups in total. The average Bonchev–Trinajstić information content (AvgIpc) is 2.67. The van der Waals surface area contributed by atoms with Gasteiger partial charge >= 0.3 is 17.9 Å². The standard InChI is InChI=1S/C25H38O6/c1-16(21(31-18(3)27)15-30-17(2)26)9-11-20-19(23(28)29-7)10-12-22-24(4,5)13-8-14-25(20,22)6/h9-10,20-22H,8,11-15H2,1-7H3/b16-9+/t20-,21-,22-,25+/m0/s1. The van der Waals surface area contributed by atoms with Crippen LogP contribution in [0.5, 0.6) is 0 Å². The third kappa shape index (κ3) is 5.78. The zero-order valence-corrected chi connectivity index (χ0v) is 20.1. The van der Waals surface area contributed by atoms with E-state index in [0.29, 0.717) is 12.3 Å². The van der Waals surface area contributed by atoms with E-state index in [0.717, 1.165) is 30.4 Å². The maximum atomic E-state index is 12.6. The van der Waals surface area contributed by atoms with Gasteiger partial charge in [0.05, 0.1) is 7.11 Å². The van der Waals surface area contributed by atoms with Crippen LogP contribution in [0.15, 0.2) is 23.3 Å². The Morgan fingerprint density at radius 3 is 2.39 bits per heavy atom. The van der Waals surface area contributed by atoms with Crippen LogP contribution < -0.4 is 0 Å². The van der Waals surface area contributed by atoms with Crippen LogP contribution in [0.2, 0.25) is 0 Å². The number of carbonyl (C=O) groups excluding carboxylic acids is 3. The Morgan fingerprint density at radius 1 is 1.13 bits per heavy atom. The monoisotopic (exact) mass is 434 g/mol. The first-order valence-corrected chi connectivity index (χ1v) is 11.2. The molecule has 0 unspecified atom stereocenters. The molecule has 2 aliphatic rings. The van der Waals surface area contributed by atoms with Gasteiger partial charge in [-0.1, -0.05) is 39.3 Å². The highest BCUT2D eigenvalue weighted by molar-refractivity contribution is 5.89. The number of hydrogen-bond donors (Lipinski definition) is 0. The topological polar surface area (TPSA) is 78.9 Å². The molecule has 31 heavy (non-hydrogen) atoms. The van der Waals surface area contributed by atoms with Gasteiger partial charge in [0.2, 0.25) is 0 Å². The quantitative estimate of drug-likeness (QED) is 0.326. The summed E-state index contributed by atoms with van der Waals surface area (Å²) in [5.74, 6) is -0.631. The lowest BCUT2D eigenvalue weighted by Gasteiger charge is -2.56. The maximum Gasteiger partial charge on any atom is 0.333 e. The van der Waals surface area contributed by atoms with Gasteiger partial charge in [0.1, 0.15) is 6.61 Å². The fourth-order valence-electron chi connectivity index (χ4n) is 5.74. The Bertz CT molecular complexity index is 762. The number of rotatable bonds is 7. The number of fused-ring (bicyclic) bond motifs is 1. The first-order valence-electron chi connectivity index (χ1n) is 11.2. The van der Waals surface area contributed by atoms with Crippen molar-refractivity contribution in [3.8, 4) is 0 Å².